The van der Waals surface area contributed by atoms with Gasteiger partial charge in [-0.25, -0.2) is 8.78 Å². The van der Waals surface area contributed by atoms with E-state index in [4.69, 9.17) is 5.11 Å². The number of carbonyl (C=O) groups excluding carboxylic acids is 1. The summed E-state index contributed by atoms with van der Waals surface area (Å²) < 4.78 is 26.4. The number of halogens is 3. The first-order valence-corrected chi connectivity index (χ1v) is 5.87. The number of anilines is 1. The predicted molar refractivity (Wildman–Crippen MR) is 62.2 cm³/mol. The third-order valence-corrected chi connectivity index (χ3v) is 3.51. The molecule has 1 atom stereocenters. The first kappa shape index (κ1) is 12.9. The third-order valence-electron chi connectivity index (χ3n) is 2.75. The van der Waals surface area contributed by atoms with E-state index >= 15 is 0 Å². The fraction of sp³-hybridized carbons (Fsp3) is 0.273. The molecular weight excluding hydrogens is 312 g/mol. The molecule has 1 unspecified atom stereocenters. The molecule has 1 saturated heterocycles. The van der Waals surface area contributed by atoms with Crippen molar-refractivity contribution in [3.8, 4) is 0 Å². The van der Waals surface area contributed by atoms with Crippen LogP contribution in [0.2, 0.25) is 0 Å². The molecule has 1 aromatic carbocycles. The van der Waals surface area contributed by atoms with Crippen molar-refractivity contribution in [2.45, 2.75) is 6.42 Å². The van der Waals surface area contributed by atoms with E-state index in [2.05, 4.69) is 15.9 Å². The largest absolute Gasteiger partial charge is 0.481 e. The van der Waals surface area contributed by atoms with Crippen molar-refractivity contribution in [3.05, 3.63) is 28.2 Å². The molecule has 0 spiro atoms. The highest BCUT2D eigenvalue weighted by atomic mass is 79.9. The molecule has 2 rings (SSSR count). The average molecular weight is 320 g/mol. The smallest absolute Gasteiger partial charge is 0.308 e. The number of benzene rings is 1. The summed E-state index contributed by atoms with van der Waals surface area (Å²) in [5, 5.41) is 8.81. The van der Waals surface area contributed by atoms with E-state index in [-0.39, 0.29) is 23.1 Å². The molecule has 1 N–H and O–H groups in total. The van der Waals surface area contributed by atoms with Gasteiger partial charge in [-0.05, 0) is 28.1 Å². The molecule has 1 heterocycles. The van der Waals surface area contributed by atoms with E-state index in [0.29, 0.717) is 0 Å². The van der Waals surface area contributed by atoms with Gasteiger partial charge in [-0.2, -0.15) is 0 Å². The van der Waals surface area contributed by atoms with Crippen LogP contribution < -0.4 is 4.90 Å². The maximum Gasteiger partial charge on any atom is 0.308 e. The Balaban J connectivity index is 2.33. The van der Waals surface area contributed by atoms with Crippen molar-refractivity contribution < 1.29 is 23.5 Å². The molecule has 1 amide bonds. The van der Waals surface area contributed by atoms with Crippen LogP contribution >= 0.6 is 15.9 Å². The van der Waals surface area contributed by atoms with Crippen LogP contribution in [0.25, 0.3) is 0 Å². The highest BCUT2D eigenvalue weighted by Crippen LogP contribution is 2.30. The maximum atomic E-state index is 13.3. The number of amides is 1. The second kappa shape index (κ2) is 4.64. The average Bonchev–Trinajstić information content (AvgIpc) is 2.68. The SMILES string of the molecule is O=C(O)C1CC(=O)N(c2cc(F)c(Br)c(F)c2)C1. The number of nitrogens with zero attached hydrogens (tertiary/aromatic N) is 1. The first-order valence-electron chi connectivity index (χ1n) is 5.08. The minimum Gasteiger partial charge on any atom is -0.481 e. The molecular formula is C11H8BrF2NO3. The summed E-state index contributed by atoms with van der Waals surface area (Å²) in [5.41, 5.74) is 0.0296. The van der Waals surface area contributed by atoms with Gasteiger partial charge in [-0.15, -0.1) is 0 Å². The van der Waals surface area contributed by atoms with Crippen molar-refractivity contribution in [3.63, 3.8) is 0 Å². The van der Waals surface area contributed by atoms with Gasteiger partial charge in [0.15, 0.2) is 0 Å². The van der Waals surface area contributed by atoms with Crippen LogP contribution in [-0.2, 0) is 9.59 Å². The summed E-state index contributed by atoms with van der Waals surface area (Å²) in [4.78, 5) is 23.5. The Hall–Kier alpha value is -1.50. The quantitative estimate of drug-likeness (QED) is 0.850. The van der Waals surface area contributed by atoms with Gasteiger partial charge >= 0.3 is 5.97 Å². The summed E-state index contributed by atoms with van der Waals surface area (Å²) in [6.45, 7) is -0.0747. The Bertz CT molecular complexity index is 512. The van der Waals surface area contributed by atoms with E-state index in [1.807, 2.05) is 0 Å². The monoisotopic (exact) mass is 319 g/mol. The second-order valence-corrected chi connectivity index (χ2v) is 4.76. The van der Waals surface area contributed by atoms with E-state index < -0.39 is 29.4 Å². The van der Waals surface area contributed by atoms with Gasteiger partial charge in [-0.1, -0.05) is 0 Å². The lowest BCUT2D eigenvalue weighted by atomic mass is 10.1. The molecule has 0 bridgehead atoms. The van der Waals surface area contributed by atoms with E-state index in [0.717, 1.165) is 17.0 Å². The molecule has 1 aromatic rings. The molecule has 0 aromatic heterocycles. The summed E-state index contributed by atoms with van der Waals surface area (Å²) in [6.07, 6.45) is -0.158. The fourth-order valence-corrected chi connectivity index (χ4v) is 2.05. The number of carboxylic acids is 1. The Kier molecular flexibility index (Phi) is 3.34. The number of carbonyl (C=O) groups is 2. The van der Waals surface area contributed by atoms with Crippen LogP contribution in [-0.4, -0.2) is 23.5 Å². The van der Waals surface area contributed by atoms with Crippen molar-refractivity contribution in [1.29, 1.82) is 0 Å². The van der Waals surface area contributed by atoms with Crippen LogP contribution in [0.1, 0.15) is 6.42 Å². The zero-order chi connectivity index (χ0) is 13.4. The normalized spacial score (nSPS) is 19.4. The Morgan fingerprint density at radius 2 is 1.94 bits per heavy atom. The zero-order valence-corrected chi connectivity index (χ0v) is 10.6. The Labute approximate surface area is 109 Å². The molecule has 1 aliphatic heterocycles. The molecule has 18 heavy (non-hydrogen) atoms. The van der Waals surface area contributed by atoms with Gasteiger partial charge in [0, 0.05) is 18.7 Å². The van der Waals surface area contributed by atoms with Crippen LogP contribution in [0, 0.1) is 17.6 Å². The van der Waals surface area contributed by atoms with E-state index in [1.165, 1.54) is 0 Å². The third kappa shape index (κ3) is 2.22. The van der Waals surface area contributed by atoms with Crippen molar-refractivity contribution >= 4 is 33.5 Å². The highest BCUT2D eigenvalue weighted by Gasteiger charge is 2.35. The summed E-state index contributed by atoms with van der Waals surface area (Å²) in [7, 11) is 0. The van der Waals surface area contributed by atoms with Crippen LogP contribution in [0.4, 0.5) is 14.5 Å². The van der Waals surface area contributed by atoms with Gasteiger partial charge in [0.05, 0.1) is 10.4 Å². The van der Waals surface area contributed by atoms with Gasteiger partial charge in [0.1, 0.15) is 11.6 Å². The first-order chi connectivity index (χ1) is 8.40. The molecule has 1 aliphatic rings. The minimum atomic E-state index is -1.09. The molecule has 0 aliphatic carbocycles. The summed E-state index contributed by atoms with van der Waals surface area (Å²) in [5.74, 6) is -4.06. The van der Waals surface area contributed by atoms with Gasteiger partial charge in [-0.3, -0.25) is 9.59 Å². The molecule has 0 radical (unpaired) electrons. The molecule has 0 saturated carbocycles. The number of hydrogen-bond acceptors (Lipinski definition) is 2. The van der Waals surface area contributed by atoms with Crippen LogP contribution in [0.15, 0.2) is 16.6 Å². The van der Waals surface area contributed by atoms with Crippen LogP contribution in [0.5, 0.6) is 0 Å². The number of hydrogen-bond donors (Lipinski definition) is 1. The summed E-state index contributed by atoms with van der Waals surface area (Å²) >= 11 is 2.72. The zero-order valence-electron chi connectivity index (χ0n) is 8.99. The summed E-state index contributed by atoms with van der Waals surface area (Å²) in [6, 6.07) is 1.99. The van der Waals surface area contributed by atoms with Gasteiger partial charge < -0.3 is 10.0 Å². The fourth-order valence-electron chi connectivity index (χ4n) is 1.82. The Morgan fingerprint density at radius 1 is 1.39 bits per heavy atom. The van der Waals surface area contributed by atoms with E-state index in [9.17, 15) is 18.4 Å². The molecule has 7 heteroatoms. The number of aliphatic carboxylic acids is 1. The van der Waals surface area contributed by atoms with E-state index in [1.54, 1.807) is 0 Å². The van der Waals surface area contributed by atoms with Gasteiger partial charge in [0.2, 0.25) is 5.91 Å². The molecule has 4 nitrogen and oxygen atoms in total. The number of carboxylic acid groups (broad SMARTS) is 1. The lowest BCUT2D eigenvalue weighted by molar-refractivity contribution is -0.141. The van der Waals surface area contributed by atoms with Crippen molar-refractivity contribution in [2.75, 3.05) is 11.4 Å². The topological polar surface area (TPSA) is 57.6 Å². The predicted octanol–water partition coefficient (Wildman–Crippen LogP) is 2.16. The molecule has 96 valence electrons. The minimum absolute atomic E-state index is 0.0296. The highest BCUT2D eigenvalue weighted by molar-refractivity contribution is 9.10. The van der Waals surface area contributed by atoms with Crippen molar-refractivity contribution in [1.82, 2.24) is 0 Å². The lowest BCUT2D eigenvalue weighted by Gasteiger charge is -2.16. The standard InChI is InChI=1S/C11H8BrF2NO3/c12-10-7(13)2-6(3-8(10)14)15-4-5(11(17)18)1-9(15)16/h2-3,5H,1,4H2,(H,17,18). The molecule has 1 fully saturated rings. The maximum absolute atomic E-state index is 13.3. The number of rotatable bonds is 2. The van der Waals surface area contributed by atoms with Gasteiger partial charge in [0.25, 0.3) is 0 Å². The Morgan fingerprint density at radius 3 is 2.39 bits per heavy atom. The lowest BCUT2D eigenvalue weighted by Crippen LogP contribution is -2.26. The second-order valence-electron chi connectivity index (χ2n) is 3.97. The van der Waals surface area contributed by atoms with Crippen LogP contribution in [0.3, 0.4) is 0 Å². The van der Waals surface area contributed by atoms with Crippen molar-refractivity contribution in [2.24, 2.45) is 5.92 Å².